The molecule has 1 unspecified atom stereocenters. The summed E-state index contributed by atoms with van der Waals surface area (Å²) >= 11 is 0. The predicted molar refractivity (Wildman–Crippen MR) is 60.2 cm³/mol. The number of ether oxygens (including phenoxy) is 1. The molecule has 1 saturated heterocycles. The molecule has 1 aliphatic rings. The van der Waals surface area contributed by atoms with E-state index in [1.807, 2.05) is 0 Å². The number of nitrogens with one attached hydrogen (secondary N) is 2. The van der Waals surface area contributed by atoms with Gasteiger partial charge in [0.15, 0.2) is 0 Å². The molecule has 2 rings (SSSR count). The van der Waals surface area contributed by atoms with Crippen LogP contribution in [-0.4, -0.2) is 30.3 Å². The number of amides is 2. The van der Waals surface area contributed by atoms with Crippen molar-refractivity contribution >= 4 is 11.8 Å². The molecule has 2 heterocycles. The Balaban J connectivity index is 1.74. The molecule has 1 fully saturated rings. The van der Waals surface area contributed by atoms with Crippen LogP contribution in [0.3, 0.4) is 0 Å². The van der Waals surface area contributed by atoms with Crippen LogP contribution in [0.15, 0.2) is 18.3 Å². The molecule has 5 nitrogen and oxygen atoms in total. The minimum atomic E-state index is -0.435. The number of urea groups is 1. The minimum absolute atomic E-state index is 0.0990. The highest BCUT2D eigenvalue weighted by molar-refractivity contribution is 5.88. The Bertz CT molecular complexity index is 377. The Morgan fingerprint density at radius 1 is 1.59 bits per heavy atom. The van der Waals surface area contributed by atoms with E-state index in [0.717, 1.165) is 25.6 Å². The third-order valence-electron chi connectivity index (χ3n) is 2.48. The fraction of sp³-hybridized carbons (Fsp3) is 0.455. The Hall–Kier alpha value is -1.69. The average molecular weight is 239 g/mol. The maximum atomic E-state index is 12.6. The third kappa shape index (κ3) is 3.67. The predicted octanol–water partition coefficient (Wildman–Crippen LogP) is 1.52. The van der Waals surface area contributed by atoms with Crippen LogP contribution in [0.5, 0.6) is 0 Å². The molecule has 0 bridgehead atoms. The lowest BCUT2D eigenvalue weighted by atomic mass is 10.2. The van der Waals surface area contributed by atoms with E-state index < -0.39 is 5.82 Å². The molecule has 1 atom stereocenters. The van der Waals surface area contributed by atoms with E-state index >= 15 is 0 Å². The number of hydrogen-bond donors (Lipinski definition) is 2. The number of carbonyl (C=O) groups excluding carboxylic acids is 1. The Morgan fingerprint density at radius 2 is 2.47 bits per heavy atom. The van der Waals surface area contributed by atoms with Crippen LogP contribution in [0, 0.1) is 5.82 Å². The summed E-state index contributed by atoms with van der Waals surface area (Å²) in [6.07, 6.45) is 3.15. The van der Waals surface area contributed by atoms with Gasteiger partial charge in [-0.15, -0.1) is 0 Å². The van der Waals surface area contributed by atoms with Crippen molar-refractivity contribution in [1.29, 1.82) is 0 Å². The largest absolute Gasteiger partial charge is 0.376 e. The highest BCUT2D eigenvalue weighted by atomic mass is 19.1. The number of halogens is 1. The normalized spacial score (nSPS) is 19.0. The summed E-state index contributed by atoms with van der Waals surface area (Å²) in [6, 6.07) is 2.28. The minimum Gasteiger partial charge on any atom is -0.376 e. The Morgan fingerprint density at radius 3 is 3.12 bits per heavy atom. The van der Waals surface area contributed by atoms with Crippen LogP contribution < -0.4 is 10.6 Å². The molecule has 2 N–H and O–H groups in total. The van der Waals surface area contributed by atoms with Crippen molar-refractivity contribution in [3.8, 4) is 0 Å². The highest BCUT2D eigenvalue weighted by Gasteiger charge is 2.16. The number of nitrogens with zero attached hydrogens (tertiary/aromatic N) is 1. The molecule has 0 radical (unpaired) electrons. The lowest BCUT2D eigenvalue weighted by molar-refractivity contribution is 0.112. The van der Waals surface area contributed by atoms with Crippen LogP contribution in [0.4, 0.5) is 15.0 Å². The fourth-order valence-corrected chi connectivity index (χ4v) is 1.62. The van der Waals surface area contributed by atoms with Crippen LogP contribution in [0.2, 0.25) is 0 Å². The van der Waals surface area contributed by atoms with Crippen LogP contribution in [0.1, 0.15) is 12.8 Å². The molecule has 92 valence electrons. The maximum Gasteiger partial charge on any atom is 0.320 e. The van der Waals surface area contributed by atoms with Gasteiger partial charge in [0.2, 0.25) is 0 Å². The first-order valence-electron chi connectivity index (χ1n) is 5.52. The smallest absolute Gasteiger partial charge is 0.320 e. The Labute approximate surface area is 98.4 Å². The van der Waals surface area contributed by atoms with Gasteiger partial charge >= 0.3 is 6.03 Å². The summed E-state index contributed by atoms with van der Waals surface area (Å²) in [5.41, 5.74) is 0. The summed E-state index contributed by atoms with van der Waals surface area (Å²) in [5.74, 6) is -0.119. The van der Waals surface area contributed by atoms with Gasteiger partial charge < -0.3 is 10.1 Å². The quantitative estimate of drug-likeness (QED) is 0.840. The molecular formula is C11H14FN3O2. The van der Waals surface area contributed by atoms with Gasteiger partial charge in [-0.2, -0.15) is 0 Å². The second kappa shape index (κ2) is 5.58. The van der Waals surface area contributed by atoms with Crippen molar-refractivity contribution in [2.24, 2.45) is 0 Å². The van der Waals surface area contributed by atoms with E-state index in [2.05, 4.69) is 15.6 Å². The zero-order valence-electron chi connectivity index (χ0n) is 9.28. The fourth-order valence-electron chi connectivity index (χ4n) is 1.62. The van der Waals surface area contributed by atoms with Gasteiger partial charge in [-0.05, 0) is 25.0 Å². The van der Waals surface area contributed by atoms with Gasteiger partial charge in [0.05, 0.1) is 12.3 Å². The lowest BCUT2D eigenvalue weighted by Gasteiger charge is -2.11. The standard InChI is InChI=1S/C11H14FN3O2/c12-8-3-4-10(13-6-8)15-11(16)14-7-9-2-1-5-17-9/h3-4,6,9H,1-2,5,7H2,(H2,13,14,15,16). The van der Waals surface area contributed by atoms with Gasteiger partial charge in [0, 0.05) is 13.2 Å². The maximum absolute atomic E-state index is 12.6. The molecule has 0 aromatic carbocycles. The molecule has 0 aliphatic carbocycles. The van der Waals surface area contributed by atoms with Gasteiger partial charge in [-0.1, -0.05) is 0 Å². The SMILES string of the molecule is O=C(NCC1CCCO1)Nc1ccc(F)cn1. The number of anilines is 1. The van der Waals surface area contributed by atoms with Crippen molar-refractivity contribution in [3.05, 3.63) is 24.1 Å². The van der Waals surface area contributed by atoms with Gasteiger partial charge in [0.1, 0.15) is 11.6 Å². The molecule has 1 aromatic heterocycles. The Kier molecular flexibility index (Phi) is 3.87. The van der Waals surface area contributed by atoms with Crippen molar-refractivity contribution in [2.45, 2.75) is 18.9 Å². The second-order valence-electron chi connectivity index (χ2n) is 3.83. The van der Waals surface area contributed by atoms with Gasteiger partial charge in [-0.3, -0.25) is 5.32 Å². The number of rotatable bonds is 3. The first-order valence-corrected chi connectivity index (χ1v) is 5.52. The highest BCUT2D eigenvalue weighted by Crippen LogP contribution is 2.10. The van der Waals surface area contributed by atoms with E-state index in [0.29, 0.717) is 12.4 Å². The topological polar surface area (TPSA) is 63.2 Å². The van der Waals surface area contributed by atoms with E-state index in [4.69, 9.17) is 4.74 Å². The lowest BCUT2D eigenvalue weighted by Crippen LogP contribution is -2.35. The number of carbonyl (C=O) groups is 1. The summed E-state index contributed by atoms with van der Waals surface area (Å²) in [6.45, 7) is 1.24. The summed E-state index contributed by atoms with van der Waals surface area (Å²) < 4.78 is 17.9. The number of aromatic nitrogens is 1. The monoisotopic (exact) mass is 239 g/mol. The first-order chi connectivity index (χ1) is 8.24. The van der Waals surface area contributed by atoms with Crippen molar-refractivity contribution < 1.29 is 13.9 Å². The van der Waals surface area contributed by atoms with Gasteiger partial charge in [0.25, 0.3) is 0 Å². The molecule has 17 heavy (non-hydrogen) atoms. The van der Waals surface area contributed by atoms with Crippen LogP contribution in [-0.2, 0) is 4.74 Å². The summed E-state index contributed by atoms with van der Waals surface area (Å²) in [4.78, 5) is 15.2. The van der Waals surface area contributed by atoms with Crippen LogP contribution in [0.25, 0.3) is 0 Å². The van der Waals surface area contributed by atoms with Gasteiger partial charge in [-0.25, -0.2) is 14.2 Å². The first kappa shape index (κ1) is 11.8. The average Bonchev–Trinajstić information content (AvgIpc) is 2.83. The zero-order chi connectivity index (χ0) is 12.1. The molecular weight excluding hydrogens is 225 g/mol. The molecule has 0 spiro atoms. The van der Waals surface area contributed by atoms with Crippen molar-refractivity contribution in [3.63, 3.8) is 0 Å². The van der Waals surface area contributed by atoms with E-state index in [1.54, 1.807) is 0 Å². The molecule has 1 aliphatic heterocycles. The van der Waals surface area contributed by atoms with E-state index in [1.165, 1.54) is 12.1 Å². The molecule has 2 amide bonds. The van der Waals surface area contributed by atoms with E-state index in [-0.39, 0.29) is 12.1 Å². The molecule has 1 aromatic rings. The second-order valence-corrected chi connectivity index (χ2v) is 3.83. The van der Waals surface area contributed by atoms with E-state index in [9.17, 15) is 9.18 Å². The summed E-state index contributed by atoms with van der Waals surface area (Å²) in [7, 11) is 0. The number of hydrogen-bond acceptors (Lipinski definition) is 3. The van der Waals surface area contributed by atoms with Crippen molar-refractivity contribution in [2.75, 3.05) is 18.5 Å². The van der Waals surface area contributed by atoms with Crippen LogP contribution >= 0.6 is 0 Å². The van der Waals surface area contributed by atoms with Crippen molar-refractivity contribution in [1.82, 2.24) is 10.3 Å². The number of pyridine rings is 1. The third-order valence-corrected chi connectivity index (χ3v) is 2.48. The summed E-state index contributed by atoms with van der Waals surface area (Å²) in [5, 5.41) is 5.19. The molecule has 6 heteroatoms. The molecule has 0 saturated carbocycles. The zero-order valence-corrected chi connectivity index (χ0v) is 9.28.